The van der Waals surface area contributed by atoms with Gasteiger partial charge in [0.2, 0.25) is 0 Å². The number of aromatic nitrogens is 1. The number of halogens is 1. The molecule has 1 aliphatic rings. The quantitative estimate of drug-likeness (QED) is 0.925. The number of nitrogens with zero attached hydrogens (tertiary/aromatic N) is 1. The van der Waals surface area contributed by atoms with Gasteiger partial charge in [0.25, 0.3) is 0 Å². The lowest BCUT2D eigenvalue weighted by Gasteiger charge is -2.37. The summed E-state index contributed by atoms with van der Waals surface area (Å²) in [4.78, 5) is 16.7. The number of nitrogens with two attached hydrogens (primary N) is 1. The summed E-state index contributed by atoms with van der Waals surface area (Å²) in [5.74, 6) is 1.00. The Labute approximate surface area is 123 Å². The molecule has 2 N–H and O–H groups in total. The van der Waals surface area contributed by atoms with Gasteiger partial charge >= 0.3 is 0 Å². The highest BCUT2D eigenvalue weighted by molar-refractivity contribution is 9.10. The van der Waals surface area contributed by atoms with Gasteiger partial charge in [-0.1, -0.05) is 6.92 Å². The van der Waals surface area contributed by atoms with Crippen molar-refractivity contribution in [2.24, 2.45) is 17.1 Å². The first kappa shape index (κ1) is 14.7. The summed E-state index contributed by atoms with van der Waals surface area (Å²) in [6.45, 7) is 2.73. The maximum atomic E-state index is 12.6. The summed E-state index contributed by atoms with van der Waals surface area (Å²) < 4.78 is 0.914. The van der Waals surface area contributed by atoms with E-state index in [1.54, 1.807) is 12.4 Å². The molecule has 1 saturated carbocycles. The molecule has 0 atom stereocenters. The van der Waals surface area contributed by atoms with Crippen LogP contribution in [0.3, 0.4) is 0 Å². The monoisotopic (exact) mass is 324 g/mol. The minimum Gasteiger partial charge on any atom is -0.329 e. The Morgan fingerprint density at radius 1 is 1.47 bits per heavy atom. The molecule has 0 aromatic carbocycles. The van der Waals surface area contributed by atoms with Crippen LogP contribution in [-0.2, 0) is 11.2 Å². The Hall–Kier alpha value is -0.740. The molecular weight excluding hydrogens is 304 g/mol. The molecular formula is C15H21BrN2O. The highest BCUT2D eigenvalue weighted by Gasteiger charge is 2.39. The zero-order valence-electron chi connectivity index (χ0n) is 11.4. The van der Waals surface area contributed by atoms with Crippen molar-refractivity contribution in [3.05, 3.63) is 28.5 Å². The van der Waals surface area contributed by atoms with Gasteiger partial charge in [0, 0.05) is 35.2 Å². The summed E-state index contributed by atoms with van der Waals surface area (Å²) in [7, 11) is 0. The molecule has 1 aromatic heterocycles. The fourth-order valence-corrected chi connectivity index (χ4v) is 3.25. The van der Waals surface area contributed by atoms with Gasteiger partial charge in [-0.05, 0) is 59.2 Å². The Kier molecular flexibility index (Phi) is 4.74. The topological polar surface area (TPSA) is 56.0 Å². The van der Waals surface area contributed by atoms with Crippen molar-refractivity contribution in [2.45, 2.75) is 39.0 Å². The number of hydrogen-bond donors (Lipinski definition) is 1. The molecule has 1 fully saturated rings. The summed E-state index contributed by atoms with van der Waals surface area (Å²) in [5.41, 5.74) is 6.59. The molecule has 104 valence electrons. The number of hydrogen-bond acceptors (Lipinski definition) is 3. The summed E-state index contributed by atoms with van der Waals surface area (Å²) in [6, 6.07) is 1.96. The van der Waals surface area contributed by atoms with Crippen molar-refractivity contribution in [1.29, 1.82) is 0 Å². The average molecular weight is 325 g/mol. The lowest BCUT2D eigenvalue weighted by atomic mass is 9.67. The maximum absolute atomic E-state index is 12.6. The van der Waals surface area contributed by atoms with E-state index in [0.29, 0.717) is 13.0 Å². The van der Waals surface area contributed by atoms with E-state index in [4.69, 9.17) is 5.73 Å². The van der Waals surface area contributed by atoms with E-state index < -0.39 is 0 Å². The molecule has 0 unspecified atom stereocenters. The first-order valence-electron chi connectivity index (χ1n) is 6.88. The molecule has 1 aromatic rings. The van der Waals surface area contributed by atoms with Gasteiger partial charge < -0.3 is 5.73 Å². The minimum absolute atomic E-state index is 0.279. The van der Waals surface area contributed by atoms with Crippen molar-refractivity contribution >= 4 is 21.7 Å². The van der Waals surface area contributed by atoms with E-state index in [1.807, 2.05) is 6.07 Å². The van der Waals surface area contributed by atoms with E-state index >= 15 is 0 Å². The predicted molar refractivity (Wildman–Crippen MR) is 79.8 cm³/mol. The van der Waals surface area contributed by atoms with Gasteiger partial charge in [0.1, 0.15) is 5.78 Å². The molecule has 19 heavy (non-hydrogen) atoms. The van der Waals surface area contributed by atoms with Gasteiger partial charge in [0.15, 0.2) is 0 Å². The molecule has 0 bridgehead atoms. The maximum Gasteiger partial charge on any atom is 0.144 e. The van der Waals surface area contributed by atoms with E-state index in [-0.39, 0.29) is 11.2 Å². The summed E-state index contributed by atoms with van der Waals surface area (Å²) in [6.07, 6.45) is 8.03. The number of rotatable bonds is 4. The molecule has 0 aliphatic heterocycles. The Morgan fingerprint density at radius 2 is 2.16 bits per heavy atom. The van der Waals surface area contributed by atoms with Crippen molar-refractivity contribution in [1.82, 2.24) is 4.98 Å². The molecule has 1 heterocycles. The van der Waals surface area contributed by atoms with Crippen molar-refractivity contribution < 1.29 is 4.79 Å². The molecule has 0 amide bonds. The second-order valence-corrected chi connectivity index (χ2v) is 6.69. The van der Waals surface area contributed by atoms with E-state index in [9.17, 15) is 4.79 Å². The molecule has 2 rings (SSSR count). The molecule has 3 nitrogen and oxygen atoms in total. The van der Waals surface area contributed by atoms with Gasteiger partial charge in [-0.15, -0.1) is 0 Å². The van der Waals surface area contributed by atoms with Crippen molar-refractivity contribution in [2.75, 3.05) is 6.54 Å². The average Bonchev–Trinajstić information content (AvgIpc) is 2.40. The number of Topliss-reactive ketones (excluding diaryl/α,β-unsaturated/α-hetero) is 1. The van der Waals surface area contributed by atoms with E-state index in [1.165, 1.54) is 0 Å². The largest absolute Gasteiger partial charge is 0.329 e. The number of ketones is 1. The van der Waals surface area contributed by atoms with Gasteiger partial charge in [-0.3, -0.25) is 9.78 Å². The first-order valence-corrected chi connectivity index (χ1v) is 7.68. The Morgan fingerprint density at radius 3 is 2.74 bits per heavy atom. The summed E-state index contributed by atoms with van der Waals surface area (Å²) >= 11 is 3.39. The molecule has 0 radical (unpaired) electrons. The molecule has 0 spiro atoms. The second kappa shape index (κ2) is 6.14. The second-order valence-electron chi connectivity index (χ2n) is 5.78. The third kappa shape index (κ3) is 3.42. The predicted octanol–water partition coefficient (Wildman–Crippen LogP) is 3.11. The lowest BCUT2D eigenvalue weighted by molar-refractivity contribution is -0.129. The van der Waals surface area contributed by atoms with Crippen molar-refractivity contribution in [3.63, 3.8) is 0 Å². The minimum atomic E-state index is -0.297. The van der Waals surface area contributed by atoms with Crippen LogP contribution in [0.1, 0.15) is 38.2 Å². The van der Waals surface area contributed by atoms with Crippen LogP contribution in [0.5, 0.6) is 0 Å². The number of pyridine rings is 1. The van der Waals surface area contributed by atoms with Crippen LogP contribution in [-0.4, -0.2) is 17.3 Å². The van der Waals surface area contributed by atoms with Crippen LogP contribution in [0, 0.1) is 11.3 Å². The van der Waals surface area contributed by atoms with Crippen LogP contribution in [0.15, 0.2) is 22.9 Å². The highest BCUT2D eigenvalue weighted by Crippen LogP contribution is 2.39. The van der Waals surface area contributed by atoms with Gasteiger partial charge in [-0.25, -0.2) is 0 Å². The smallest absolute Gasteiger partial charge is 0.144 e. The SMILES string of the molecule is CC1CCC(CN)(C(=O)Cc2cncc(Br)c2)CC1. The lowest BCUT2D eigenvalue weighted by Crippen LogP contribution is -2.42. The highest BCUT2D eigenvalue weighted by atomic mass is 79.9. The van der Waals surface area contributed by atoms with E-state index in [0.717, 1.165) is 41.6 Å². The van der Waals surface area contributed by atoms with Crippen LogP contribution in [0.4, 0.5) is 0 Å². The fraction of sp³-hybridized carbons (Fsp3) is 0.600. The van der Waals surface area contributed by atoms with Crippen LogP contribution in [0.2, 0.25) is 0 Å². The third-order valence-electron chi connectivity index (χ3n) is 4.34. The fourth-order valence-electron chi connectivity index (χ4n) is 2.84. The normalized spacial score (nSPS) is 27.2. The van der Waals surface area contributed by atoms with Gasteiger partial charge in [-0.2, -0.15) is 0 Å². The number of carbonyl (C=O) groups is 1. The van der Waals surface area contributed by atoms with Crippen LogP contribution >= 0.6 is 15.9 Å². The molecule has 0 saturated heterocycles. The molecule has 4 heteroatoms. The van der Waals surface area contributed by atoms with Crippen LogP contribution < -0.4 is 5.73 Å². The van der Waals surface area contributed by atoms with Crippen LogP contribution in [0.25, 0.3) is 0 Å². The molecule has 1 aliphatic carbocycles. The van der Waals surface area contributed by atoms with Gasteiger partial charge in [0.05, 0.1) is 0 Å². The Bertz CT molecular complexity index is 453. The standard InChI is InChI=1S/C15H21BrN2O/c1-11-2-4-15(10-17,5-3-11)14(19)7-12-6-13(16)9-18-8-12/h6,8-9,11H,2-5,7,10,17H2,1H3. The summed E-state index contributed by atoms with van der Waals surface area (Å²) in [5, 5.41) is 0. The third-order valence-corrected chi connectivity index (χ3v) is 4.77. The van der Waals surface area contributed by atoms with E-state index in [2.05, 4.69) is 27.8 Å². The Balaban J connectivity index is 2.09. The zero-order valence-corrected chi connectivity index (χ0v) is 12.9. The van der Waals surface area contributed by atoms with Crippen molar-refractivity contribution in [3.8, 4) is 0 Å². The zero-order chi connectivity index (χ0) is 13.9. The first-order chi connectivity index (χ1) is 9.05. The number of carbonyl (C=O) groups excluding carboxylic acids is 1.